The third-order valence-corrected chi connectivity index (χ3v) is 19.1. The summed E-state index contributed by atoms with van der Waals surface area (Å²) in [5, 5.41) is 0. The van der Waals surface area contributed by atoms with E-state index in [1.54, 1.807) is 20.8 Å². The number of fused-ring (bicyclic) bond motifs is 8. The fraction of sp³-hybridized carbons (Fsp3) is 0.533. The molecule has 0 atom stereocenters. The molecule has 10 rings (SSSR count). The normalized spacial score (nSPS) is 21.6. The first-order valence-corrected chi connectivity index (χ1v) is 25.7. The second kappa shape index (κ2) is 13.4. The number of benzene rings is 4. The molecule has 5 aliphatic rings. The molecule has 2 aliphatic heterocycles. The molecule has 0 unspecified atom stereocenters. The van der Waals surface area contributed by atoms with E-state index in [4.69, 9.17) is 0 Å². The van der Waals surface area contributed by atoms with Crippen LogP contribution in [0.25, 0.3) is 0 Å². The summed E-state index contributed by atoms with van der Waals surface area (Å²) >= 11 is 2.17. The van der Waals surface area contributed by atoms with Crippen LogP contribution < -0.4 is 25.5 Å². The van der Waals surface area contributed by atoms with Gasteiger partial charge in [-0.1, -0.05) is 149 Å². The fourth-order valence-electron chi connectivity index (χ4n) is 12.6. The van der Waals surface area contributed by atoms with Gasteiger partial charge in [-0.15, -0.1) is 0 Å². The van der Waals surface area contributed by atoms with Crippen LogP contribution in [0.4, 0.5) is 34.1 Å². The van der Waals surface area contributed by atoms with Crippen molar-refractivity contribution in [2.75, 3.05) is 9.80 Å². The maximum Gasteiger partial charge on any atom is 0.264 e. The second-order valence-corrected chi connectivity index (χ2v) is 28.1. The summed E-state index contributed by atoms with van der Waals surface area (Å²) in [5.41, 5.74) is 22.0. The van der Waals surface area contributed by atoms with E-state index in [2.05, 4.69) is 212 Å². The van der Waals surface area contributed by atoms with Crippen molar-refractivity contribution in [3.05, 3.63) is 111 Å². The van der Waals surface area contributed by atoms with Crippen molar-refractivity contribution in [3.8, 4) is 0 Å². The van der Waals surface area contributed by atoms with Gasteiger partial charge in [-0.05, 0) is 174 Å². The molecule has 4 heteroatoms. The summed E-state index contributed by atoms with van der Waals surface area (Å²) < 4.78 is 1.54. The Morgan fingerprint density at radius 3 is 1.56 bits per heavy atom. The molecule has 0 amide bonds. The average molecular weight is 869 g/mol. The zero-order valence-corrected chi connectivity index (χ0v) is 43.8. The van der Waals surface area contributed by atoms with Gasteiger partial charge in [-0.3, -0.25) is 0 Å². The molecule has 3 heterocycles. The fourth-order valence-corrected chi connectivity index (χ4v) is 14.4. The SMILES string of the molecule is CC(C)(C)c1cccc(N2c3cc4c(cc3B3c5sc6c(c5N(c5ccc7c(c5)C(C)(C)CCC7(C)C)c5cc(C(C)(C)C)cc2c53)C(C)(C)CCC6(C)C)C(C)(C)CCC4(C)C)c1. The minimum absolute atomic E-state index is 0.0157. The van der Waals surface area contributed by atoms with E-state index >= 15 is 0 Å². The summed E-state index contributed by atoms with van der Waals surface area (Å²) in [4.78, 5) is 7.14. The van der Waals surface area contributed by atoms with Gasteiger partial charge in [0.05, 0.1) is 5.69 Å². The molecule has 0 saturated heterocycles. The van der Waals surface area contributed by atoms with Gasteiger partial charge in [0.2, 0.25) is 0 Å². The van der Waals surface area contributed by atoms with E-state index < -0.39 is 0 Å². The van der Waals surface area contributed by atoms with Gasteiger partial charge in [0, 0.05) is 38.1 Å². The van der Waals surface area contributed by atoms with Crippen LogP contribution in [-0.4, -0.2) is 6.71 Å². The molecule has 5 aromatic rings. The molecular formula is C60H77BN2S. The predicted molar refractivity (Wildman–Crippen MR) is 282 cm³/mol. The lowest BCUT2D eigenvalue weighted by Gasteiger charge is -2.48. The molecule has 64 heavy (non-hydrogen) atoms. The Morgan fingerprint density at radius 1 is 0.469 bits per heavy atom. The second-order valence-electron chi connectivity index (χ2n) is 27.1. The van der Waals surface area contributed by atoms with Gasteiger partial charge in [0.25, 0.3) is 6.71 Å². The van der Waals surface area contributed by atoms with Crippen LogP contribution >= 0.6 is 11.3 Å². The topological polar surface area (TPSA) is 6.48 Å². The van der Waals surface area contributed by atoms with Crippen LogP contribution in [0.5, 0.6) is 0 Å². The zero-order valence-electron chi connectivity index (χ0n) is 43.0. The van der Waals surface area contributed by atoms with Crippen molar-refractivity contribution in [3.63, 3.8) is 0 Å². The third-order valence-electron chi connectivity index (χ3n) is 17.5. The van der Waals surface area contributed by atoms with Crippen LogP contribution in [0.1, 0.15) is 207 Å². The molecule has 1 aromatic heterocycles. The Morgan fingerprint density at radius 2 is 0.969 bits per heavy atom. The highest BCUT2D eigenvalue weighted by Crippen LogP contribution is 2.58. The number of rotatable bonds is 2. The smallest absolute Gasteiger partial charge is 0.264 e. The molecular weight excluding hydrogens is 792 g/mol. The summed E-state index contributed by atoms with van der Waals surface area (Å²) in [7, 11) is 0. The van der Waals surface area contributed by atoms with E-state index in [0.29, 0.717) is 0 Å². The van der Waals surface area contributed by atoms with E-state index in [9.17, 15) is 0 Å². The Labute approximate surface area is 392 Å². The van der Waals surface area contributed by atoms with Crippen LogP contribution in [-0.2, 0) is 43.3 Å². The first-order valence-electron chi connectivity index (χ1n) is 24.9. The van der Waals surface area contributed by atoms with Gasteiger partial charge < -0.3 is 9.80 Å². The van der Waals surface area contributed by atoms with Crippen LogP contribution in [0.3, 0.4) is 0 Å². The van der Waals surface area contributed by atoms with Gasteiger partial charge in [0.15, 0.2) is 0 Å². The van der Waals surface area contributed by atoms with Crippen molar-refractivity contribution in [1.82, 2.24) is 0 Å². The number of anilines is 6. The first-order chi connectivity index (χ1) is 29.4. The van der Waals surface area contributed by atoms with Crippen molar-refractivity contribution in [2.24, 2.45) is 0 Å². The molecule has 0 radical (unpaired) electrons. The van der Waals surface area contributed by atoms with Gasteiger partial charge in [-0.25, -0.2) is 0 Å². The van der Waals surface area contributed by atoms with E-state index in [1.165, 1.54) is 111 Å². The van der Waals surface area contributed by atoms with E-state index in [0.717, 1.165) is 0 Å². The minimum Gasteiger partial charge on any atom is -0.311 e. The highest BCUT2D eigenvalue weighted by atomic mass is 32.1. The number of hydrogen-bond donors (Lipinski definition) is 0. The Kier molecular flexibility index (Phi) is 9.27. The Balaban J connectivity index is 1.39. The first kappa shape index (κ1) is 44.1. The van der Waals surface area contributed by atoms with Crippen molar-refractivity contribution in [1.29, 1.82) is 0 Å². The van der Waals surface area contributed by atoms with Gasteiger partial charge in [-0.2, -0.15) is 11.3 Å². The lowest BCUT2D eigenvalue weighted by atomic mass is 9.35. The van der Waals surface area contributed by atoms with E-state index in [-0.39, 0.29) is 50.0 Å². The number of thiophene rings is 1. The average Bonchev–Trinajstić information content (AvgIpc) is 3.62. The monoisotopic (exact) mass is 869 g/mol. The van der Waals surface area contributed by atoms with Crippen LogP contribution in [0, 0.1) is 0 Å². The quantitative estimate of drug-likeness (QED) is 0.160. The zero-order chi connectivity index (χ0) is 46.3. The molecule has 4 aromatic carbocycles. The molecule has 0 bridgehead atoms. The lowest BCUT2D eigenvalue weighted by Crippen LogP contribution is -2.61. The van der Waals surface area contributed by atoms with Gasteiger partial charge >= 0.3 is 0 Å². The largest absolute Gasteiger partial charge is 0.311 e. The Bertz CT molecular complexity index is 2770. The van der Waals surface area contributed by atoms with Gasteiger partial charge in [0.1, 0.15) is 0 Å². The summed E-state index contributed by atoms with van der Waals surface area (Å²) in [6.45, 7) is 44.6. The molecule has 0 saturated carbocycles. The highest BCUT2D eigenvalue weighted by molar-refractivity contribution is 7.29. The Hall–Kier alpha value is -3.76. The van der Waals surface area contributed by atoms with Crippen LogP contribution in [0.15, 0.2) is 66.7 Å². The minimum atomic E-state index is -0.0781. The standard InChI is InChI=1S/C60H77BN2S/c1-53(2,3)36-20-19-21-38(30-36)62-45-35-43-42(57(11,12)26-27-58(43,13)14)34-44(45)61-49-46(62)31-37(54(4,5)6)32-47(49)63(39-22-23-40-41(33-39)56(9,10)25-24-55(40,7)8)50-48-51(64-52(50)61)60(17,18)29-28-59(48,15)16/h19-23,30-35H,24-29H2,1-18H3. The predicted octanol–water partition coefficient (Wildman–Crippen LogP) is 15.5. The van der Waals surface area contributed by atoms with Crippen molar-refractivity contribution < 1.29 is 0 Å². The maximum absolute atomic E-state index is 2.82. The van der Waals surface area contributed by atoms with Crippen molar-refractivity contribution >= 4 is 67.9 Å². The third kappa shape index (κ3) is 6.43. The van der Waals surface area contributed by atoms with Crippen molar-refractivity contribution in [2.45, 2.75) is 206 Å². The molecule has 336 valence electrons. The van der Waals surface area contributed by atoms with E-state index in [1.807, 2.05) is 0 Å². The number of nitrogens with zero attached hydrogens (tertiary/aromatic N) is 2. The summed E-state index contributed by atoms with van der Waals surface area (Å²) in [5.74, 6) is 0. The molecule has 2 nitrogen and oxygen atoms in total. The summed E-state index contributed by atoms with van der Waals surface area (Å²) in [6, 6.07) is 27.9. The lowest BCUT2D eigenvalue weighted by molar-refractivity contribution is 0.332. The molecule has 0 N–H and O–H groups in total. The number of hydrogen-bond acceptors (Lipinski definition) is 3. The van der Waals surface area contributed by atoms with Crippen LogP contribution in [0.2, 0.25) is 0 Å². The highest BCUT2D eigenvalue weighted by Gasteiger charge is 2.52. The maximum atomic E-state index is 2.82. The molecule has 3 aliphatic carbocycles. The molecule has 0 fully saturated rings. The molecule has 0 spiro atoms. The summed E-state index contributed by atoms with van der Waals surface area (Å²) in [6.07, 6.45) is 7.20.